The van der Waals surface area contributed by atoms with Crippen molar-refractivity contribution in [3.63, 3.8) is 0 Å². The van der Waals surface area contributed by atoms with Gasteiger partial charge in [0.1, 0.15) is 11.5 Å². The molecule has 1 atom stereocenters. The van der Waals surface area contributed by atoms with Gasteiger partial charge in [-0.3, -0.25) is 15.0 Å². The first-order valence-corrected chi connectivity index (χ1v) is 13.0. The van der Waals surface area contributed by atoms with Gasteiger partial charge in [0, 0.05) is 39.1 Å². The Morgan fingerprint density at radius 3 is 2.59 bits per heavy atom. The van der Waals surface area contributed by atoms with Gasteiger partial charge in [-0.1, -0.05) is 51.1 Å². The van der Waals surface area contributed by atoms with Crippen LogP contribution in [0.5, 0.6) is 0 Å². The maximum atomic E-state index is 13.4. The number of nitrogens with one attached hydrogen (secondary N) is 2. The molecule has 2 aliphatic rings. The van der Waals surface area contributed by atoms with Crippen LogP contribution in [0.15, 0.2) is 76.0 Å². The number of allylic oxidation sites excluding steroid dienone is 3. The number of ketones is 1. The molecule has 2 aromatic heterocycles. The summed E-state index contributed by atoms with van der Waals surface area (Å²) >= 11 is 1.61. The molecule has 37 heavy (non-hydrogen) atoms. The van der Waals surface area contributed by atoms with Crippen molar-refractivity contribution in [2.45, 2.75) is 51.4 Å². The molecule has 3 heterocycles. The fourth-order valence-electron chi connectivity index (χ4n) is 4.83. The summed E-state index contributed by atoms with van der Waals surface area (Å²) in [7, 11) is 0. The van der Waals surface area contributed by atoms with Crippen LogP contribution in [0.3, 0.4) is 0 Å². The standard InChI is InChI=1S/C28H28N6O2S/c1-28(2,3)22-13-12-21(37-22)24-17(15-29)27(30)34(19-10-7-11-20(35)25(19)24)33-18-14-23(36)31-32-26(18)16-8-5-4-6-9-16/h4-6,8-9,12-14,24H,7,10-11,30H2,1-3H3,(H2,31,33,36). The zero-order valence-corrected chi connectivity index (χ0v) is 21.8. The number of aromatic amines is 1. The molecule has 0 saturated heterocycles. The predicted molar refractivity (Wildman–Crippen MR) is 144 cm³/mol. The molecule has 5 rings (SSSR count). The second kappa shape index (κ2) is 9.37. The molecule has 0 saturated carbocycles. The number of carbonyl (C=O) groups is 1. The van der Waals surface area contributed by atoms with Crippen molar-refractivity contribution in [1.82, 2.24) is 15.2 Å². The second-order valence-corrected chi connectivity index (χ2v) is 11.4. The minimum atomic E-state index is -0.516. The minimum absolute atomic E-state index is 0.0105. The maximum Gasteiger partial charge on any atom is 0.266 e. The van der Waals surface area contributed by atoms with E-state index < -0.39 is 5.92 Å². The van der Waals surface area contributed by atoms with Crippen molar-refractivity contribution in [3.05, 3.63) is 91.3 Å². The highest BCUT2D eigenvalue weighted by Gasteiger charge is 2.41. The van der Waals surface area contributed by atoms with Crippen LogP contribution in [0.4, 0.5) is 5.69 Å². The van der Waals surface area contributed by atoms with Crippen molar-refractivity contribution >= 4 is 22.8 Å². The predicted octanol–water partition coefficient (Wildman–Crippen LogP) is 4.92. The summed E-state index contributed by atoms with van der Waals surface area (Å²) in [6.07, 6.45) is 1.70. The number of aromatic nitrogens is 2. The van der Waals surface area contributed by atoms with E-state index in [1.807, 2.05) is 36.4 Å². The molecule has 0 bridgehead atoms. The van der Waals surface area contributed by atoms with E-state index in [2.05, 4.69) is 48.5 Å². The van der Waals surface area contributed by atoms with Gasteiger partial charge in [0.05, 0.1) is 23.2 Å². The van der Waals surface area contributed by atoms with Gasteiger partial charge in [-0.25, -0.2) is 10.1 Å². The van der Waals surface area contributed by atoms with Gasteiger partial charge in [-0.2, -0.15) is 10.4 Å². The third-order valence-corrected chi connectivity index (χ3v) is 8.23. The van der Waals surface area contributed by atoms with Crippen LogP contribution >= 0.6 is 11.3 Å². The van der Waals surface area contributed by atoms with E-state index in [4.69, 9.17) is 5.73 Å². The molecule has 8 nitrogen and oxygen atoms in total. The van der Waals surface area contributed by atoms with E-state index in [9.17, 15) is 14.9 Å². The number of H-pyrrole nitrogens is 1. The lowest BCUT2D eigenvalue weighted by atomic mass is 9.79. The Morgan fingerprint density at radius 2 is 1.92 bits per heavy atom. The third-order valence-electron chi connectivity index (χ3n) is 6.65. The van der Waals surface area contributed by atoms with E-state index in [0.29, 0.717) is 41.8 Å². The van der Waals surface area contributed by atoms with Crippen molar-refractivity contribution in [2.24, 2.45) is 5.73 Å². The Morgan fingerprint density at radius 1 is 1.16 bits per heavy atom. The number of carbonyl (C=O) groups excluding carboxylic acids is 1. The van der Waals surface area contributed by atoms with Crippen molar-refractivity contribution in [3.8, 4) is 17.3 Å². The highest BCUT2D eigenvalue weighted by atomic mass is 32.1. The Labute approximate surface area is 219 Å². The lowest BCUT2D eigenvalue weighted by Gasteiger charge is -2.39. The SMILES string of the molecule is CC(C)(C)c1ccc(C2C(C#N)=C(N)N(Nc3cc(=O)[nH]nc3-c3ccccc3)C3=C2C(=O)CCC3)s1. The number of hydrazine groups is 1. The molecule has 4 N–H and O–H groups in total. The van der Waals surface area contributed by atoms with Gasteiger partial charge in [0.15, 0.2) is 5.78 Å². The summed E-state index contributed by atoms with van der Waals surface area (Å²) in [5.41, 5.74) is 12.8. The normalized spacial score (nSPS) is 18.1. The van der Waals surface area contributed by atoms with Crippen LogP contribution in [0.1, 0.15) is 55.7 Å². The van der Waals surface area contributed by atoms with Crippen LogP contribution in [-0.4, -0.2) is 21.0 Å². The summed E-state index contributed by atoms with van der Waals surface area (Å²) in [6.45, 7) is 6.42. The van der Waals surface area contributed by atoms with Gasteiger partial charge >= 0.3 is 0 Å². The number of nitrogens with two attached hydrogens (primary N) is 1. The monoisotopic (exact) mass is 512 g/mol. The quantitative estimate of drug-likeness (QED) is 0.452. The summed E-state index contributed by atoms with van der Waals surface area (Å²) < 4.78 is 0. The van der Waals surface area contributed by atoms with E-state index in [1.54, 1.807) is 16.3 Å². The molecule has 3 aromatic rings. The van der Waals surface area contributed by atoms with Gasteiger partial charge in [0.25, 0.3) is 5.56 Å². The molecule has 188 valence electrons. The van der Waals surface area contributed by atoms with Crippen molar-refractivity contribution in [1.29, 1.82) is 5.26 Å². The average Bonchev–Trinajstić information content (AvgIpc) is 3.37. The Hall–Kier alpha value is -4.16. The van der Waals surface area contributed by atoms with Crippen LogP contribution < -0.4 is 16.7 Å². The van der Waals surface area contributed by atoms with Crippen molar-refractivity contribution in [2.75, 3.05) is 5.43 Å². The fraction of sp³-hybridized carbons (Fsp3) is 0.286. The largest absolute Gasteiger partial charge is 0.383 e. The molecule has 0 radical (unpaired) electrons. The van der Waals surface area contributed by atoms with E-state index >= 15 is 0 Å². The second-order valence-electron chi connectivity index (χ2n) is 10.2. The summed E-state index contributed by atoms with van der Waals surface area (Å²) in [5, 5.41) is 18.6. The maximum absolute atomic E-state index is 13.4. The lowest BCUT2D eigenvalue weighted by Crippen LogP contribution is -2.41. The molecule has 0 fully saturated rings. The topological polar surface area (TPSA) is 128 Å². The summed E-state index contributed by atoms with van der Waals surface area (Å²) in [5.74, 6) is -0.292. The molecule has 1 aliphatic carbocycles. The molecular weight excluding hydrogens is 484 g/mol. The molecule has 0 amide bonds. The number of rotatable bonds is 4. The highest BCUT2D eigenvalue weighted by Crippen LogP contribution is 2.47. The van der Waals surface area contributed by atoms with Crippen molar-refractivity contribution < 1.29 is 4.79 Å². The number of hydrogen-bond acceptors (Lipinski definition) is 8. The number of hydrogen-bond donors (Lipinski definition) is 3. The summed E-state index contributed by atoms with van der Waals surface area (Å²) in [4.78, 5) is 27.7. The lowest BCUT2D eigenvalue weighted by molar-refractivity contribution is -0.116. The number of nitriles is 1. The number of anilines is 1. The number of benzene rings is 1. The van der Waals surface area contributed by atoms with Gasteiger partial charge in [-0.15, -0.1) is 11.3 Å². The van der Waals surface area contributed by atoms with Gasteiger partial charge in [0.2, 0.25) is 0 Å². The molecular formula is C28H28N6O2S. The Balaban J connectivity index is 1.65. The van der Waals surface area contributed by atoms with E-state index in [0.717, 1.165) is 16.1 Å². The third kappa shape index (κ3) is 4.45. The fourth-order valence-corrected chi connectivity index (χ4v) is 6.02. The minimum Gasteiger partial charge on any atom is -0.383 e. The average molecular weight is 513 g/mol. The molecule has 1 aliphatic heterocycles. The number of nitrogens with zero attached hydrogens (tertiary/aromatic N) is 3. The first-order valence-electron chi connectivity index (χ1n) is 12.2. The zero-order chi connectivity index (χ0) is 26.3. The molecule has 1 aromatic carbocycles. The smallest absolute Gasteiger partial charge is 0.266 e. The summed E-state index contributed by atoms with van der Waals surface area (Å²) in [6, 6.07) is 17.2. The number of thiophene rings is 1. The van der Waals surface area contributed by atoms with Crippen LogP contribution in [-0.2, 0) is 10.2 Å². The number of Topliss-reactive ketones (excluding diaryl/α,β-unsaturated/α-hetero) is 1. The zero-order valence-electron chi connectivity index (χ0n) is 21.0. The molecule has 9 heteroatoms. The highest BCUT2D eigenvalue weighted by molar-refractivity contribution is 7.12. The Bertz CT molecular complexity index is 1530. The van der Waals surface area contributed by atoms with Gasteiger partial charge < -0.3 is 5.73 Å². The van der Waals surface area contributed by atoms with Crippen LogP contribution in [0.2, 0.25) is 0 Å². The van der Waals surface area contributed by atoms with Gasteiger partial charge in [-0.05, 0) is 30.4 Å². The van der Waals surface area contributed by atoms with E-state index in [1.165, 1.54) is 10.9 Å². The molecule has 0 spiro atoms. The van der Waals surface area contributed by atoms with Crippen LogP contribution in [0.25, 0.3) is 11.3 Å². The van der Waals surface area contributed by atoms with Crippen LogP contribution in [0, 0.1) is 11.3 Å². The molecule has 1 unspecified atom stereocenters. The Kier molecular flexibility index (Phi) is 6.21. The first-order chi connectivity index (χ1) is 17.7. The first kappa shape index (κ1) is 24.5. The van der Waals surface area contributed by atoms with E-state index in [-0.39, 0.29) is 22.6 Å².